The van der Waals surface area contributed by atoms with E-state index in [2.05, 4.69) is 69.2 Å². The van der Waals surface area contributed by atoms with Crippen LogP contribution in [0.4, 0.5) is 0 Å². The van der Waals surface area contributed by atoms with Crippen LogP contribution in [0.1, 0.15) is 12.0 Å². The molecule has 0 bridgehead atoms. The normalized spacial score (nSPS) is 12.0. The summed E-state index contributed by atoms with van der Waals surface area (Å²) in [5, 5.41) is 1.37. The van der Waals surface area contributed by atoms with Gasteiger partial charge in [-0.1, -0.05) is 12.1 Å². The molecule has 0 aliphatic carbocycles. The van der Waals surface area contributed by atoms with Gasteiger partial charge in [-0.3, -0.25) is 0 Å². The van der Waals surface area contributed by atoms with Crippen LogP contribution < -0.4 is 4.57 Å². The zero-order valence-corrected chi connectivity index (χ0v) is 12.0. The molecule has 18 heavy (non-hydrogen) atoms. The number of fused-ring (bicyclic) bond motifs is 1. The van der Waals surface area contributed by atoms with E-state index in [9.17, 15) is 0 Å². The molecule has 96 valence electrons. The van der Waals surface area contributed by atoms with Gasteiger partial charge in [-0.15, -0.1) is 0 Å². The second-order valence-electron chi connectivity index (χ2n) is 6.08. The van der Waals surface area contributed by atoms with Crippen molar-refractivity contribution in [1.82, 2.24) is 0 Å². The highest BCUT2D eigenvalue weighted by atomic mass is 15.3. The third kappa shape index (κ3) is 3.08. The van der Waals surface area contributed by atoms with Crippen LogP contribution in [0.15, 0.2) is 36.5 Å². The molecule has 0 N–H and O–H groups in total. The Morgan fingerprint density at radius 1 is 1.06 bits per heavy atom. The minimum absolute atomic E-state index is 1.03. The summed E-state index contributed by atoms with van der Waals surface area (Å²) >= 11 is 0. The summed E-state index contributed by atoms with van der Waals surface area (Å²) < 4.78 is 3.41. The molecule has 0 saturated carbocycles. The fourth-order valence-electron chi connectivity index (χ4n) is 2.34. The first-order valence-corrected chi connectivity index (χ1v) is 6.66. The summed E-state index contributed by atoms with van der Waals surface area (Å²) in [5.74, 6) is 0. The Labute approximate surface area is 110 Å². The molecular formula is C16H24N2+2. The highest BCUT2D eigenvalue weighted by molar-refractivity contribution is 5.78. The Kier molecular flexibility index (Phi) is 3.67. The van der Waals surface area contributed by atoms with Crippen LogP contribution in [-0.4, -0.2) is 32.2 Å². The molecule has 0 unspecified atom stereocenters. The fourth-order valence-corrected chi connectivity index (χ4v) is 2.34. The molecule has 2 aromatic rings. The minimum atomic E-state index is 1.03. The molecule has 0 fully saturated rings. The van der Waals surface area contributed by atoms with Crippen molar-refractivity contribution in [2.24, 2.45) is 0 Å². The van der Waals surface area contributed by atoms with Crippen molar-refractivity contribution in [2.75, 3.05) is 27.7 Å². The van der Waals surface area contributed by atoms with Gasteiger partial charge < -0.3 is 4.48 Å². The first kappa shape index (κ1) is 13.0. The van der Waals surface area contributed by atoms with Crippen LogP contribution in [-0.2, 0) is 6.54 Å². The van der Waals surface area contributed by atoms with E-state index in [1.807, 2.05) is 0 Å². The lowest BCUT2D eigenvalue weighted by Gasteiger charge is -2.22. The molecule has 0 amide bonds. The molecule has 1 aromatic heterocycles. The Balaban J connectivity index is 2.21. The molecule has 2 rings (SSSR count). The van der Waals surface area contributed by atoms with E-state index >= 15 is 0 Å². The number of pyridine rings is 1. The summed E-state index contributed by atoms with van der Waals surface area (Å²) in [4.78, 5) is 0. The SMILES string of the molecule is Cc1cc[n+](CCC[N+](C)(C)C)c2ccccc12. The molecule has 0 aliphatic rings. The smallest absolute Gasteiger partial charge is 0.212 e. The summed E-state index contributed by atoms with van der Waals surface area (Å²) in [7, 11) is 6.74. The maximum atomic E-state index is 2.37. The van der Waals surface area contributed by atoms with Gasteiger partial charge >= 0.3 is 0 Å². The number of aryl methyl sites for hydroxylation is 2. The lowest BCUT2D eigenvalue weighted by Crippen LogP contribution is -2.40. The van der Waals surface area contributed by atoms with Crippen LogP contribution in [0.25, 0.3) is 10.9 Å². The topological polar surface area (TPSA) is 3.88 Å². The summed E-state index contributed by atoms with van der Waals surface area (Å²) in [6, 6.07) is 10.9. The zero-order chi connectivity index (χ0) is 13.2. The molecule has 2 heteroatoms. The first-order valence-electron chi connectivity index (χ1n) is 6.66. The lowest BCUT2D eigenvalue weighted by molar-refractivity contribution is -0.873. The quantitative estimate of drug-likeness (QED) is 0.575. The van der Waals surface area contributed by atoms with Crippen molar-refractivity contribution < 1.29 is 9.05 Å². The number of benzene rings is 1. The van der Waals surface area contributed by atoms with Crippen LogP contribution >= 0.6 is 0 Å². The van der Waals surface area contributed by atoms with Crippen molar-refractivity contribution >= 4 is 10.9 Å². The molecule has 2 nitrogen and oxygen atoms in total. The van der Waals surface area contributed by atoms with E-state index in [0.29, 0.717) is 0 Å². The molecule has 1 heterocycles. The number of para-hydroxylation sites is 1. The fraction of sp³-hybridized carbons (Fsp3) is 0.438. The van der Waals surface area contributed by atoms with Gasteiger partial charge in [0.25, 0.3) is 0 Å². The molecule has 0 atom stereocenters. The van der Waals surface area contributed by atoms with E-state index in [1.54, 1.807) is 0 Å². The van der Waals surface area contributed by atoms with Gasteiger partial charge in [0, 0.05) is 17.5 Å². The molecule has 1 aromatic carbocycles. The van der Waals surface area contributed by atoms with Gasteiger partial charge in [0.1, 0.15) is 0 Å². The molecular weight excluding hydrogens is 220 g/mol. The molecule has 0 radical (unpaired) electrons. The first-order chi connectivity index (χ1) is 8.47. The van der Waals surface area contributed by atoms with E-state index in [0.717, 1.165) is 11.0 Å². The summed E-state index contributed by atoms with van der Waals surface area (Å²) in [6.07, 6.45) is 3.43. The molecule has 0 spiro atoms. The Bertz CT molecular complexity index is 538. The van der Waals surface area contributed by atoms with E-state index < -0.39 is 0 Å². The maximum absolute atomic E-state index is 2.37. The predicted octanol–water partition coefficient (Wildman–Crippen LogP) is 2.53. The largest absolute Gasteiger partial charge is 0.331 e. The van der Waals surface area contributed by atoms with Gasteiger partial charge in [-0.2, -0.15) is 4.57 Å². The average Bonchev–Trinajstić information content (AvgIpc) is 2.31. The predicted molar refractivity (Wildman–Crippen MR) is 76.4 cm³/mol. The van der Waals surface area contributed by atoms with Crippen molar-refractivity contribution in [1.29, 1.82) is 0 Å². The van der Waals surface area contributed by atoms with Crippen LogP contribution in [0.3, 0.4) is 0 Å². The monoisotopic (exact) mass is 244 g/mol. The van der Waals surface area contributed by atoms with Crippen LogP contribution in [0.5, 0.6) is 0 Å². The van der Waals surface area contributed by atoms with E-state index in [-0.39, 0.29) is 0 Å². The number of hydrogen-bond acceptors (Lipinski definition) is 0. The van der Waals surface area contributed by atoms with Crippen molar-refractivity contribution in [3.8, 4) is 0 Å². The van der Waals surface area contributed by atoms with Gasteiger partial charge in [-0.05, 0) is 18.6 Å². The average molecular weight is 244 g/mol. The Morgan fingerprint density at radius 2 is 1.78 bits per heavy atom. The number of hydrogen-bond donors (Lipinski definition) is 0. The number of nitrogens with zero attached hydrogens (tertiary/aromatic N) is 2. The third-order valence-electron chi connectivity index (χ3n) is 3.37. The number of quaternary nitrogens is 1. The van der Waals surface area contributed by atoms with Crippen molar-refractivity contribution in [3.63, 3.8) is 0 Å². The van der Waals surface area contributed by atoms with Crippen molar-refractivity contribution in [2.45, 2.75) is 19.9 Å². The van der Waals surface area contributed by atoms with Gasteiger partial charge in [0.05, 0.1) is 34.1 Å². The highest BCUT2D eigenvalue weighted by Gasteiger charge is 2.12. The Hall–Kier alpha value is -1.41. The van der Waals surface area contributed by atoms with Crippen molar-refractivity contribution in [3.05, 3.63) is 42.1 Å². The zero-order valence-electron chi connectivity index (χ0n) is 12.0. The van der Waals surface area contributed by atoms with E-state index in [4.69, 9.17) is 0 Å². The van der Waals surface area contributed by atoms with Gasteiger partial charge in [0.2, 0.25) is 5.52 Å². The maximum Gasteiger partial charge on any atom is 0.212 e. The lowest BCUT2D eigenvalue weighted by atomic mass is 10.1. The molecule has 0 aliphatic heterocycles. The second kappa shape index (κ2) is 5.07. The molecule has 0 saturated heterocycles. The highest BCUT2D eigenvalue weighted by Crippen LogP contribution is 2.13. The van der Waals surface area contributed by atoms with Gasteiger partial charge in [-0.25, -0.2) is 0 Å². The second-order valence-corrected chi connectivity index (χ2v) is 6.08. The standard InChI is InChI=1S/C16H24N2/c1-14-10-12-17(11-7-13-18(2,3)4)16-9-6-5-8-15(14)16/h5-6,8-10,12H,7,11,13H2,1-4H3/q+2. The van der Waals surface area contributed by atoms with Crippen LogP contribution in [0.2, 0.25) is 0 Å². The number of rotatable bonds is 4. The van der Waals surface area contributed by atoms with E-state index in [1.165, 1.54) is 29.4 Å². The van der Waals surface area contributed by atoms with Crippen LogP contribution in [0, 0.1) is 6.92 Å². The number of aromatic nitrogens is 1. The minimum Gasteiger partial charge on any atom is -0.331 e. The Morgan fingerprint density at radius 3 is 2.50 bits per heavy atom. The third-order valence-corrected chi connectivity index (χ3v) is 3.37. The summed E-state index contributed by atoms with van der Waals surface area (Å²) in [5.41, 5.74) is 2.70. The van der Waals surface area contributed by atoms with Gasteiger partial charge in [0.15, 0.2) is 12.7 Å². The summed E-state index contributed by atoms with van der Waals surface area (Å²) in [6.45, 7) is 4.48.